The molecule has 450 valence electrons. The lowest BCUT2D eigenvalue weighted by molar-refractivity contribution is 0.660. The minimum Gasteiger partial charge on any atom is -0.310 e. The molecule has 93 heavy (non-hydrogen) atoms. The zero-order chi connectivity index (χ0) is 63.5. The van der Waals surface area contributed by atoms with E-state index in [9.17, 15) is 0 Å². The summed E-state index contributed by atoms with van der Waals surface area (Å²) >= 11 is 0. The summed E-state index contributed by atoms with van der Waals surface area (Å²) in [5.41, 5.74) is 36.4. The van der Waals surface area contributed by atoms with E-state index in [2.05, 4.69) is 368 Å². The van der Waals surface area contributed by atoms with Gasteiger partial charge in [0.2, 0.25) is 0 Å². The van der Waals surface area contributed by atoms with Gasteiger partial charge in [-0.25, -0.2) is 0 Å². The third kappa shape index (κ3) is 9.71. The molecule has 3 nitrogen and oxygen atoms in total. The number of hydrogen-bond acceptors (Lipinski definition) is 3. The highest BCUT2D eigenvalue weighted by Crippen LogP contribution is 2.54. The molecular formula is C90H75N3. The van der Waals surface area contributed by atoms with Crippen molar-refractivity contribution in [1.29, 1.82) is 0 Å². The van der Waals surface area contributed by atoms with Crippen LogP contribution >= 0.6 is 0 Å². The molecule has 0 saturated carbocycles. The second kappa shape index (κ2) is 22.0. The SMILES string of the molecule is Cc1ccc(N(c2ccc(-c3cc(-c4ccc(N(c5ccc(C)cc5)c5ccc6c(c5)C(C)(C)c5ccccc5-6)cc4)cc(-c4ccc(N(c5ccc(C)cc5)c5ccc6c(c5)C(C)(C)c5ccccc5-6)cc4)c3)cc2)c2ccc3c(c2)C(C)(C)c2ccccc2-3)cc1. The largest absolute Gasteiger partial charge is 0.310 e. The van der Waals surface area contributed by atoms with Crippen LogP contribution in [-0.4, -0.2) is 0 Å². The smallest absolute Gasteiger partial charge is 0.0465 e. The molecule has 3 aliphatic carbocycles. The predicted molar refractivity (Wildman–Crippen MR) is 394 cm³/mol. The van der Waals surface area contributed by atoms with E-state index in [4.69, 9.17) is 0 Å². The summed E-state index contributed by atoms with van der Waals surface area (Å²) < 4.78 is 0. The molecule has 0 radical (unpaired) electrons. The Labute approximate surface area is 549 Å². The van der Waals surface area contributed by atoms with Crippen LogP contribution in [0.3, 0.4) is 0 Å². The minimum atomic E-state index is -0.130. The lowest BCUT2D eigenvalue weighted by Crippen LogP contribution is -2.16. The van der Waals surface area contributed by atoms with Gasteiger partial charge in [-0.2, -0.15) is 0 Å². The number of rotatable bonds is 12. The number of aryl methyl sites for hydroxylation is 3. The summed E-state index contributed by atoms with van der Waals surface area (Å²) in [5.74, 6) is 0. The van der Waals surface area contributed by atoms with E-state index in [1.54, 1.807) is 0 Å². The fourth-order valence-corrected chi connectivity index (χ4v) is 15.5. The first-order valence-corrected chi connectivity index (χ1v) is 32.9. The van der Waals surface area contributed by atoms with Crippen LogP contribution < -0.4 is 14.7 Å². The van der Waals surface area contributed by atoms with Crippen molar-refractivity contribution in [1.82, 2.24) is 0 Å². The summed E-state index contributed by atoms with van der Waals surface area (Å²) in [6.45, 7) is 20.7. The third-order valence-corrected chi connectivity index (χ3v) is 20.7. The molecule has 0 atom stereocenters. The molecule has 0 fully saturated rings. The maximum Gasteiger partial charge on any atom is 0.0465 e. The molecule has 13 aromatic rings. The summed E-state index contributed by atoms with van der Waals surface area (Å²) in [4.78, 5) is 7.25. The summed E-state index contributed by atoms with van der Waals surface area (Å²) in [6.07, 6.45) is 0. The van der Waals surface area contributed by atoms with Crippen LogP contribution in [0.4, 0.5) is 51.2 Å². The van der Waals surface area contributed by atoms with Crippen LogP contribution in [0.1, 0.15) is 91.6 Å². The van der Waals surface area contributed by atoms with E-state index in [0.717, 1.165) is 84.6 Å². The topological polar surface area (TPSA) is 9.72 Å². The lowest BCUT2D eigenvalue weighted by atomic mass is 9.82. The number of benzene rings is 13. The van der Waals surface area contributed by atoms with Gasteiger partial charge >= 0.3 is 0 Å². The van der Waals surface area contributed by atoms with E-state index >= 15 is 0 Å². The average molecular weight is 1200 g/mol. The Morgan fingerprint density at radius 1 is 0.183 bits per heavy atom. The van der Waals surface area contributed by atoms with Crippen molar-refractivity contribution in [2.75, 3.05) is 14.7 Å². The van der Waals surface area contributed by atoms with Crippen molar-refractivity contribution < 1.29 is 0 Å². The molecule has 0 saturated heterocycles. The Morgan fingerprint density at radius 3 is 0.634 bits per heavy atom. The van der Waals surface area contributed by atoms with Gasteiger partial charge in [-0.3, -0.25) is 0 Å². The molecule has 0 unspecified atom stereocenters. The maximum absolute atomic E-state index is 2.42. The predicted octanol–water partition coefficient (Wildman–Crippen LogP) is 24.9. The second-order valence-corrected chi connectivity index (χ2v) is 27.7. The summed E-state index contributed by atoms with van der Waals surface area (Å²) in [6, 6.07) is 109. The van der Waals surface area contributed by atoms with Gasteiger partial charge in [0.05, 0.1) is 0 Å². The normalized spacial score (nSPS) is 13.9. The summed E-state index contributed by atoms with van der Waals surface area (Å²) in [5, 5.41) is 0. The van der Waals surface area contributed by atoms with E-state index in [-0.39, 0.29) is 16.2 Å². The molecule has 0 aromatic heterocycles. The highest BCUT2D eigenvalue weighted by molar-refractivity contribution is 5.91. The van der Waals surface area contributed by atoms with E-state index < -0.39 is 0 Å². The molecule has 16 rings (SSSR count). The molecule has 3 heteroatoms. The van der Waals surface area contributed by atoms with Crippen LogP contribution in [0.15, 0.2) is 291 Å². The molecule has 0 aliphatic heterocycles. The first kappa shape index (κ1) is 57.4. The van der Waals surface area contributed by atoms with Gasteiger partial charge in [-0.15, -0.1) is 0 Å². The van der Waals surface area contributed by atoms with Crippen LogP contribution in [0.5, 0.6) is 0 Å². The number of anilines is 9. The van der Waals surface area contributed by atoms with Gasteiger partial charge in [0, 0.05) is 67.4 Å². The van der Waals surface area contributed by atoms with Gasteiger partial charge in [0.15, 0.2) is 0 Å². The molecule has 13 aromatic carbocycles. The molecule has 0 amide bonds. The number of fused-ring (bicyclic) bond motifs is 9. The van der Waals surface area contributed by atoms with Gasteiger partial charge in [-0.1, -0.05) is 222 Å². The van der Waals surface area contributed by atoms with Crippen LogP contribution in [-0.2, 0) is 16.2 Å². The van der Waals surface area contributed by atoms with Gasteiger partial charge < -0.3 is 14.7 Å². The van der Waals surface area contributed by atoms with Crippen LogP contribution in [0.25, 0.3) is 66.8 Å². The van der Waals surface area contributed by atoms with Crippen molar-refractivity contribution in [3.05, 3.63) is 341 Å². The highest BCUT2D eigenvalue weighted by atomic mass is 15.2. The van der Waals surface area contributed by atoms with E-state index in [1.165, 1.54) is 83.5 Å². The molecule has 3 aliphatic rings. The molecule has 0 N–H and O–H groups in total. The lowest BCUT2D eigenvalue weighted by Gasteiger charge is -2.28. The number of nitrogens with zero attached hydrogens (tertiary/aromatic N) is 3. The van der Waals surface area contributed by atoms with Crippen molar-refractivity contribution in [3.8, 4) is 66.8 Å². The van der Waals surface area contributed by atoms with Gasteiger partial charge in [0.1, 0.15) is 0 Å². The van der Waals surface area contributed by atoms with Crippen molar-refractivity contribution in [2.45, 2.75) is 78.6 Å². The maximum atomic E-state index is 2.42. The average Bonchev–Trinajstić information content (AvgIpc) is 1.61. The Bertz CT molecular complexity index is 4530. The highest BCUT2D eigenvalue weighted by Gasteiger charge is 2.39. The quantitative estimate of drug-likeness (QED) is 0.121. The van der Waals surface area contributed by atoms with Crippen LogP contribution in [0, 0.1) is 20.8 Å². The van der Waals surface area contributed by atoms with Crippen molar-refractivity contribution in [2.24, 2.45) is 0 Å². The fraction of sp³-hybridized carbons (Fsp3) is 0.133. The minimum absolute atomic E-state index is 0.130. The van der Waals surface area contributed by atoms with E-state index in [1.807, 2.05) is 0 Å². The molecular weight excluding hydrogens is 1120 g/mol. The van der Waals surface area contributed by atoms with Gasteiger partial charge in [0.25, 0.3) is 0 Å². The monoisotopic (exact) mass is 1200 g/mol. The Balaban J connectivity index is 0.799. The number of hydrogen-bond donors (Lipinski definition) is 0. The second-order valence-electron chi connectivity index (χ2n) is 27.7. The van der Waals surface area contributed by atoms with Crippen molar-refractivity contribution in [3.63, 3.8) is 0 Å². The van der Waals surface area contributed by atoms with E-state index in [0.29, 0.717) is 0 Å². The first-order valence-electron chi connectivity index (χ1n) is 32.9. The summed E-state index contributed by atoms with van der Waals surface area (Å²) in [7, 11) is 0. The standard InChI is InChI=1S/C90H75N3/c1-58-22-34-67(35-23-58)91(73-46-49-79-76-16-10-13-19-82(76)88(4,5)85(79)55-73)70-40-28-61(29-41-70)64-52-65(62-30-42-71(43-31-62)92(68-36-24-59(2)25-37-68)74-47-50-80-77-17-11-14-20-83(77)89(6,7)86(80)56-74)54-66(53-64)63-32-44-72(45-33-63)93(69-38-26-60(3)27-39-69)75-48-51-81-78-18-12-15-21-84(78)90(8,9)87(81)57-75/h10-57H,1-9H3. The zero-order valence-electron chi connectivity index (χ0n) is 54.6. The third-order valence-electron chi connectivity index (χ3n) is 20.7. The Hall–Kier alpha value is -10.7. The molecule has 0 bridgehead atoms. The van der Waals surface area contributed by atoms with Crippen LogP contribution in [0.2, 0.25) is 0 Å². The van der Waals surface area contributed by atoms with Gasteiger partial charge in [-0.05, 0) is 248 Å². The fourth-order valence-electron chi connectivity index (χ4n) is 15.5. The first-order chi connectivity index (χ1) is 45.1. The Morgan fingerprint density at radius 2 is 0.387 bits per heavy atom. The zero-order valence-corrected chi connectivity index (χ0v) is 54.6. The Kier molecular flexibility index (Phi) is 13.6. The van der Waals surface area contributed by atoms with Crippen molar-refractivity contribution >= 4 is 51.2 Å². The molecule has 0 heterocycles. The molecule has 0 spiro atoms.